The van der Waals surface area contributed by atoms with Crippen LogP contribution in [0.5, 0.6) is 11.5 Å². The van der Waals surface area contributed by atoms with Crippen molar-refractivity contribution in [1.82, 2.24) is 0 Å². The topological polar surface area (TPSA) is 18.5 Å². The first kappa shape index (κ1) is 15.2. The minimum Gasteiger partial charge on any atom is -0.542 e. The molecule has 0 saturated heterocycles. The zero-order chi connectivity index (χ0) is 14.0. The Balaban J connectivity index is 2.97. The summed E-state index contributed by atoms with van der Waals surface area (Å²) in [6.45, 7) is 5.97. The van der Waals surface area contributed by atoms with Gasteiger partial charge in [-0.05, 0) is 49.6 Å². The molecule has 0 unspecified atom stereocenters. The van der Waals surface area contributed by atoms with Crippen LogP contribution in [-0.2, 0) is 0 Å². The van der Waals surface area contributed by atoms with Crippen molar-refractivity contribution in [2.75, 3.05) is 7.11 Å². The molecule has 0 heterocycles. The molecule has 7 heteroatoms. The first-order valence-electron chi connectivity index (χ1n) is 5.23. The molecule has 0 aliphatic carbocycles. The Morgan fingerprint density at radius 1 is 1.11 bits per heavy atom. The lowest BCUT2D eigenvalue weighted by Gasteiger charge is -2.21. The van der Waals surface area contributed by atoms with Crippen molar-refractivity contribution in [3.05, 3.63) is 18.2 Å². The standard InChI is InChI=1S/C11H15F3O2SSi/c1-15-10-7-8(17-11(12,13)14)5-6-9(10)16-18(2,3)4/h5-7H,1-4H3. The van der Waals surface area contributed by atoms with E-state index in [-0.39, 0.29) is 16.7 Å². The number of halogens is 3. The largest absolute Gasteiger partial charge is 0.542 e. The van der Waals surface area contributed by atoms with Gasteiger partial charge in [0.1, 0.15) is 5.75 Å². The molecule has 0 atom stereocenters. The monoisotopic (exact) mass is 296 g/mol. The lowest BCUT2D eigenvalue weighted by molar-refractivity contribution is -0.0328. The van der Waals surface area contributed by atoms with Gasteiger partial charge in [0.2, 0.25) is 8.32 Å². The minimum absolute atomic E-state index is 0.0854. The first-order valence-corrected chi connectivity index (χ1v) is 9.46. The molecule has 0 bridgehead atoms. The molecule has 0 saturated carbocycles. The summed E-state index contributed by atoms with van der Waals surface area (Å²) in [5.74, 6) is 0.815. The van der Waals surface area contributed by atoms with Crippen LogP contribution in [0.1, 0.15) is 0 Å². The van der Waals surface area contributed by atoms with Crippen LogP contribution in [0.15, 0.2) is 23.1 Å². The molecule has 1 aromatic carbocycles. The third-order valence-electron chi connectivity index (χ3n) is 1.78. The molecule has 2 nitrogen and oxygen atoms in total. The van der Waals surface area contributed by atoms with E-state index < -0.39 is 13.8 Å². The van der Waals surface area contributed by atoms with Crippen LogP contribution in [0.25, 0.3) is 0 Å². The fraction of sp³-hybridized carbons (Fsp3) is 0.455. The number of rotatable bonds is 4. The summed E-state index contributed by atoms with van der Waals surface area (Å²) < 4.78 is 47.5. The van der Waals surface area contributed by atoms with Crippen molar-refractivity contribution in [1.29, 1.82) is 0 Å². The van der Waals surface area contributed by atoms with Gasteiger partial charge in [-0.1, -0.05) is 0 Å². The molecule has 0 fully saturated rings. The summed E-state index contributed by atoms with van der Waals surface area (Å²) in [7, 11) is -0.408. The van der Waals surface area contributed by atoms with Gasteiger partial charge in [-0.2, -0.15) is 13.2 Å². The SMILES string of the molecule is COc1cc(SC(F)(F)F)ccc1O[Si](C)(C)C. The zero-order valence-corrected chi connectivity index (χ0v) is 12.4. The minimum atomic E-state index is -4.30. The van der Waals surface area contributed by atoms with Crippen molar-refractivity contribution in [3.63, 3.8) is 0 Å². The molecule has 0 aromatic heterocycles. The Labute approximate surface area is 110 Å². The van der Waals surface area contributed by atoms with Crippen LogP contribution in [0.2, 0.25) is 19.6 Å². The molecule has 102 valence electrons. The van der Waals surface area contributed by atoms with Crippen LogP contribution in [-0.4, -0.2) is 20.9 Å². The molecule has 0 spiro atoms. The lowest BCUT2D eigenvalue weighted by atomic mass is 10.3. The van der Waals surface area contributed by atoms with E-state index in [9.17, 15) is 13.2 Å². The molecule has 0 aliphatic rings. The molecule has 1 rings (SSSR count). The maximum absolute atomic E-state index is 12.2. The van der Waals surface area contributed by atoms with Crippen molar-refractivity contribution in [2.24, 2.45) is 0 Å². The number of hydrogen-bond acceptors (Lipinski definition) is 3. The highest BCUT2D eigenvalue weighted by molar-refractivity contribution is 8.00. The van der Waals surface area contributed by atoms with Gasteiger partial charge in [0.05, 0.1) is 7.11 Å². The van der Waals surface area contributed by atoms with Gasteiger partial charge in [-0.3, -0.25) is 0 Å². The number of benzene rings is 1. The van der Waals surface area contributed by atoms with Gasteiger partial charge >= 0.3 is 5.51 Å². The van der Waals surface area contributed by atoms with E-state index in [2.05, 4.69) is 0 Å². The van der Waals surface area contributed by atoms with Gasteiger partial charge in [0, 0.05) is 4.90 Å². The van der Waals surface area contributed by atoms with E-state index in [1.165, 1.54) is 25.3 Å². The Morgan fingerprint density at radius 2 is 1.72 bits per heavy atom. The van der Waals surface area contributed by atoms with Crippen molar-refractivity contribution in [3.8, 4) is 11.5 Å². The van der Waals surface area contributed by atoms with E-state index in [1.54, 1.807) is 0 Å². The fourth-order valence-electron chi connectivity index (χ4n) is 1.26. The highest BCUT2D eigenvalue weighted by Crippen LogP contribution is 2.40. The zero-order valence-electron chi connectivity index (χ0n) is 10.6. The third-order valence-corrected chi connectivity index (χ3v) is 3.34. The maximum Gasteiger partial charge on any atom is 0.446 e. The van der Waals surface area contributed by atoms with Gasteiger partial charge < -0.3 is 9.16 Å². The number of thioether (sulfide) groups is 1. The average Bonchev–Trinajstić information content (AvgIpc) is 2.16. The van der Waals surface area contributed by atoms with Gasteiger partial charge in [0.25, 0.3) is 0 Å². The molecule has 0 N–H and O–H groups in total. The summed E-state index contributed by atoms with van der Waals surface area (Å²) in [6, 6.07) is 4.24. The predicted octanol–water partition coefficient (Wildman–Crippen LogP) is 4.52. The Hall–Kier alpha value is -0.823. The first-order chi connectivity index (χ1) is 8.11. The number of alkyl halides is 3. The highest BCUT2D eigenvalue weighted by atomic mass is 32.2. The third kappa shape index (κ3) is 5.22. The molecule has 0 aliphatic heterocycles. The van der Waals surface area contributed by atoms with Gasteiger partial charge in [0.15, 0.2) is 5.75 Å². The van der Waals surface area contributed by atoms with E-state index >= 15 is 0 Å². The second kappa shape index (κ2) is 5.44. The molecule has 1 aromatic rings. The van der Waals surface area contributed by atoms with Crippen LogP contribution in [0.3, 0.4) is 0 Å². The second-order valence-corrected chi connectivity index (χ2v) is 10.1. The Kier molecular flexibility index (Phi) is 4.60. The van der Waals surface area contributed by atoms with Crippen LogP contribution >= 0.6 is 11.8 Å². The van der Waals surface area contributed by atoms with Gasteiger partial charge in [-0.15, -0.1) is 0 Å². The van der Waals surface area contributed by atoms with Crippen LogP contribution in [0.4, 0.5) is 13.2 Å². The summed E-state index contributed by atoms with van der Waals surface area (Å²) >= 11 is -0.167. The van der Waals surface area contributed by atoms with Gasteiger partial charge in [-0.25, -0.2) is 0 Å². The normalized spacial score (nSPS) is 12.4. The number of methoxy groups -OCH3 is 1. The van der Waals surface area contributed by atoms with Crippen molar-refractivity contribution in [2.45, 2.75) is 30.0 Å². The van der Waals surface area contributed by atoms with E-state index in [0.29, 0.717) is 11.5 Å². The molecule has 18 heavy (non-hydrogen) atoms. The van der Waals surface area contributed by atoms with E-state index in [1.807, 2.05) is 19.6 Å². The molecular weight excluding hydrogens is 281 g/mol. The number of ether oxygens (including phenoxy) is 1. The summed E-state index contributed by atoms with van der Waals surface area (Å²) in [6.07, 6.45) is 0. The smallest absolute Gasteiger partial charge is 0.446 e. The summed E-state index contributed by atoms with van der Waals surface area (Å²) in [5, 5.41) is 0. The van der Waals surface area contributed by atoms with E-state index in [0.717, 1.165) is 0 Å². The highest BCUT2D eigenvalue weighted by Gasteiger charge is 2.30. The summed E-state index contributed by atoms with van der Waals surface area (Å²) in [5.41, 5.74) is -4.30. The van der Waals surface area contributed by atoms with Crippen molar-refractivity contribution >= 4 is 20.1 Å². The van der Waals surface area contributed by atoms with Crippen LogP contribution in [0, 0.1) is 0 Å². The maximum atomic E-state index is 12.2. The van der Waals surface area contributed by atoms with Crippen molar-refractivity contribution < 1.29 is 22.3 Å². The van der Waals surface area contributed by atoms with Crippen LogP contribution < -0.4 is 9.16 Å². The summed E-state index contributed by atoms with van der Waals surface area (Å²) in [4.78, 5) is 0.0854. The quantitative estimate of drug-likeness (QED) is 0.601. The lowest BCUT2D eigenvalue weighted by Crippen LogP contribution is -2.29. The second-order valence-electron chi connectivity index (χ2n) is 4.57. The molecule has 0 amide bonds. The van der Waals surface area contributed by atoms with E-state index in [4.69, 9.17) is 9.16 Å². The Morgan fingerprint density at radius 3 is 2.17 bits per heavy atom. The molecular formula is C11H15F3O2SSi. The fourth-order valence-corrected chi connectivity index (χ4v) is 2.66. The number of hydrogen-bond donors (Lipinski definition) is 0. The molecule has 0 radical (unpaired) electrons. The predicted molar refractivity (Wildman–Crippen MR) is 68.9 cm³/mol. The Bertz CT molecular complexity index is 416. The average molecular weight is 296 g/mol.